The molecule has 2 N–H and O–H groups in total. The number of nitrogens with one attached hydrogen (secondary N) is 2. The second-order valence-corrected chi connectivity index (χ2v) is 10.7. The van der Waals surface area contributed by atoms with Crippen LogP contribution in [0, 0.1) is 0 Å². The van der Waals surface area contributed by atoms with E-state index in [0.29, 0.717) is 34.6 Å². The largest absolute Gasteiger partial charge is 0.494 e. The van der Waals surface area contributed by atoms with Crippen molar-refractivity contribution >= 4 is 35.0 Å². The maximum absolute atomic E-state index is 13.4. The molecule has 3 amide bonds. The van der Waals surface area contributed by atoms with Crippen LogP contribution in [0.25, 0.3) is 5.69 Å². The fourth-order valence-electron chi connectivity index (χ4n) is 4.01. The number of carbonyl (C=O) groups excluding carboxylic acids is 2. The first-order valence-corrected chi connectivity index (χ1v) is 13.5. The molecule has 4 aromatic rings. The van der Waals surface area contributed by atoms with Crippen LogP contribution in [0.3, 0.4) is 0 Å². The van der Waals surface area contributed by atoms with Crippen LogP contribution in [0.4, 0.5) is 16.3 Å². The summed E-state index contributed by atoms with van der Waals surface area (Å²) >= 11 is 6.47. The molecule has 8 nitrogen and oxygen atoms in total. The molecule has 9 heteroatoms. The molecular formula is C31H34ClN5O3. The summed E-state index contributed by atoms with van der Waals surface area (Å²) < 4.78 is 7.11. The number of ether oxygens (including phenoxy) is 1. The molecule has 0 aliphatic heterocycles. The third kappa shape index (κ3) is 7.42. The molecule has 0 aliphatic carbocycles. The lowest BCUT2D eigenvalue weighted by Gasteiger charge is -2.23. The number of rotatable bonds is 9. The predicted octanol–water partition coefficient (Wildman–Crippen LogP) is 6.89. The maximum atomic E-state index is 13.4. The number of nitrogens with zero attached hydrogens (tertiary/aromatic N) is 3. The van der Waals surface area contributed by atoms with Gasteiger partial charge in [0.2, 0.25) is 5.91 Å². The second-order valence-electron chi connectivity index (χ2n) is 10.3. The van der Waals surface area contributed by atoms with Crippen molar-refractivity contribution in [2.45, 2.75) is 39.7 Å². The zero-order chi connectivity index (χ0) is 28.7. The Hall–Kier alpha value is -4.30. The number of amides is 3. The Labute approximate surface area is 239 Å². The van der Waals surface area contributed by atoms with Gasteiger partial charge in [-0.25, -0.2) is 9.48 Å². The first kappa shape index (κ1) is 28.7. The van der Waals surface area contributed by atoms with Crippen molar-refractivity contribution in [1.29, 1.82) is 0 Å². The highest BCUT2D eigenvalue weighted by Crippen LogP contribution is 2.29. The number of carbonyl (C=O) groups is 2. The maximum Gasteiger partial charge on any atom is 0.322 e. The zero-order valence-corrected chi connectivity index (χ0v) is 23.9. The molecule has 40 heavy (non-hydrogen) atoms. The average Bonchev–Trinajstić information content (AvgIpc) is 3.34. The average molecular weight is 560 g/mol. The minimum absolute atomic E-state index is 0.184. The van der Waals surface area contributed by atoms with E-state index in [9.17, 15) is 9.59 Å². The highest BCUT2D eigenvalue weighted by atomic mass is 35.5. The Balaban J connectivity index is 1.56. The van der Waals surface area contributed by atoms with E-state index in [1.165, 1.54) is 4.90 Å². The van der Waals surface area contributed by atoms with Gasteiger partial charge in [0.1, 0.15) is 18.1 Å². The van der Waals surface area contributed by atoms with Crippen molar-refractivity contribution in [1.82, 2.24) is 14.7 Å². The number of benzene rings is 3. The minimum atomic E-state index is -0.404. The molecule has 0 saturated carbocycles. The van der Waals surface area contributed by atoms with Gasteiger partial charge in [0.15, 0.2) is 0 Å². The Morgan fingerprint density at radius 1 is 0.950 bits per heavy atom. The first-order valence-electron chi connectivity index (χ1n) is 13.1. The minimum Gasteiger partial charge on any atom is -0.494 e. The molecule has 0 spiro atoms. The van der Waals surface area contributed by atoms with E-state index in [1.54, 1.807) is 35.0 Å². The lowest BCUT2D eigenvalue weighted by molar-refractivity contribution is -0.116. The van der Waals surface area contributed by atoms with Gasteiger partial charge in [-0.2, -0.15) is 5.10 Å². The van der Waals surface area contributed by atoms with Crippen LogP contribution in [0.1, 0.15) is 39.0 Å². The van der Waals surface area contributed by atoms with Crippen LogP contribution in [0.15, 0.2) is 84.9 Å². The van der Waals surface area contributed by atoms with Crippen LogP contribution in [-0.2, 0) is 16.8 Å². The summed E-state index contributed by atoms with van der Waals surface area (Å²) in [4.78, 5) is 28.2. The van der Waals surface area contributed by atoms with E-state index in [1.807, 2.05) is 82.3 Å². The molecule has 0 bridgehead atoms. The molecule has 0 saturated heterocycles. The van der Waals surface area contributed by atoms with Crippen molar-refractivity contribution in [3.63, 3.8) is 0 Å². The summed E-state index contributed by atoms with van der Waals surface area (Å²) in [6.07, 6.45) is 0. The molecule has 0 radical (unpaired) electrons. The number of hydrogen-bond donors (Lipinski definition) is 2. The van der Waals surface area contributed by atoms with Gasteiger partial charge in [0.05, 0.1) is 23.0 Å². The van der Waals surface area contributed by atoms with Crippen LogP contribution in [0.2, 0.25) is 5.02 Å². The molecule has 4 rings (SSSR count). The Morgan fingerprint density at radius 3 is 2.27 bits per heavy atom. The van der Waals surface area contributed by atoms with Gasteiger partial charge >= 0.3 is 6.03 Å². The van der Waals surface area contributed by atoms with E-state index < -0.39 is 6.03 Å². The van der Waals surface area contributed by atoms with Gasteiger partial charge in [0, 0.05) is 23.7 Å². The smallest absolute Gasteiger partial charge is 0.322 e. The summed E-state index contributed by atoms with van der Waals surface area (Å²) in [5.74, 6) is 0.812. The molecule has 0 unspecified atom stereocenters. The summed E-state index contributed by atoms with van der Waals surface area (Å²) in [5.41, 5.74) is 2.66. The summed E-state index contributed by atoms with van der Waals surface area (Å²) in [5, 5.41) is 11.1. The molecule has 208 valence electrons. The zero-order valence-electron chi connectivity index (χ0n) is 23.1. The van der Waals surface area contributed by atoms with Crippen molar-refractivity contribution in [2.75, 3.05) is 23.8 Å². The van der Waals surface area contributed by atoms with Crippen LogP contribution in [-0.4, -0.2) is 39.8 Å². The van der Waals surface area contributed by atoms with Gasteiger partial charge < -0.3 is 20.3 Å². The number of hydrogen-bond acceptors (Lipinski definition) is 4. The molecule has 1 aromatic heterocycles. The fourth-order valence-corrected chi connectivity index (χ4v) is 4.22. The van der Waals surface area contributed by atoms with E-state index in [0.717, 1.165) is 11.3 Å². The Bertz CT molecular complexity index is 1450. The van der Waals surface area contributed by atoms with Gasteiger partial charge in [-0.1, -0.05) is 74.8 Å². The van der Waals surface area contributed by atoms with E-state index >= 15 is 0 Å². The third-order valence-corrected chi connectivity index (χ3v) is 6.40. The van der Waals surface area contributed by atoms with Crippen LogP contribution >= 0.6 is 11.6 Å². The number of halogens is 1. The summed E-state index contributed by atoms with van der Waals surface area (Å²) in [7, 11) is 0. The number of urea groups is 1. The first-order chi connectivity index (χ1) is 19.1. The standard InChI is InChI=1S/C31H34ClN5O3/c1-5-40-24-17-15-23(16-18-24)33-30(39)36(20-22-11-7-6-8-12-22)21-29(38)34-28-19-27(31(2,3)4)35-37(28)26-14-10-9-13-25(26)32/h6-19H,5,20-21H2,1-4H3,(H,33,39)(H,34,38). The highest BCUT2D eigenvalue weighted by Gasteiger charge is 2.24. The van der Waals surface area contributed by atoms with Crippen molar-refractivity contribution in [3.05, 3.63) is 101 Å². The Morgan fingerprint density at radius 2 is 1.62 bits per heavy atom. The predicted molar refractivity (Wildman–Crippen MR) is 159 cm³/mol. The summed E-state index contributed by atoms with van der Waals surface area (Å²) in [6, 6.07) is 25.4. The molecule has 0 atom stereocenters. The van der Waals surface area contributed by atoms with Gasteiger partial charge in [-0.3, -0.25) is 4.79 Å². The SMILES string of the molecule is CCOc1ccc(NC(=O)N(CC(=O)Nc2cc(C(C)(C)C)nn2-c2ccccc2Cl)Cc2ccccc2)cc1. The van der Waals surface area contributed by atoms with Crippen LogP contribution in [0.5, 0.6) is 5.75 Å². The van der Waals surface area contributed by atoms with E-state index in [-0.39, 0.29) is 24.4 Å². The summed E-state index contributed by atoms with van der Waals surface area (Å²) in [6.45, 7) is 8.66. The van der Waals surface area contributed by atoms with Crippen molar-refractivity contribution in [3.8, 4) is 11.4 Å². The number of anilines is 2. The van der Waals surface area contributed by atoms with Gasteiger partial charge in [-0.15, -0.1) is 0 Å². The molecular weight excluding hydrogens is 526 g/mol. The second kappa shape index (κ2) is 12.7. The fraction of sp³-hybridized carbons (Fsp3) is 0.258. The van der Waals surface area contributed by atoms with E-state index in [2.05, 4.69) is 10.6 Å². The van der Waals surface area contributed by atoms with Crippen LogP contribution < -0.4 is 15.4 Å². The third-order valence-electron chi connectivity index (χ3n) is 6.08. The molecule has 0 aliphatic rings. The van der Waals surface area contributed by atoms with Gasteiger partial charge in [0.25, 0.3) is 0 Å². The number of aromatic nitrogens is 2. The highest BCUT2D eigenvalue weighted by molar-refractivity contribution is 6.32. The lowest BCUT2D eigenvalue weighted by Crippen LogP contribution is -2.40. The molecule has 1 heterocycles. The van der Waals surface area contributed by atoms with Gasteiger partial charge in [-0.05, 0) is 48.9 Å². The normalized spacial score (nSPS) is 11.1. The molecule has 0 fully saturated rings. The molecule has 3 aromatic carbocycles. The topological polar surface area (TPSA) is 88.5 Å². The van der Waals surface area contributed by atoms with E-state index in [4.69, 9.17) is 21.4 Å². The quantitative estimate of drug-likeness (QED) is 0.233. The monoisotopic (exact) mass is 559 g/mol. The Kier molecular flexibility index (Phi) is 9.11. The van der Waals surface area contributed by atoms with Crippen molar-refractivity contribution in [2.24, 2.45) is 0 Å². The van der Waals surface area contributed by atoms with Crippen molar-refractivity contribution < 1.29 is 14.3 Å². The number of para-hydroxylation sites is 1. The lowest BCUT2D eigenvalue weighted by atomic mass is 9.92.